The first-order valence-electron chi connectivity index (χ1n) is 25.6. The van der Waals surface area contributed by atoms with Crippen molar-refractivity contribution >= 4 is 33.2 Å². The predicted molar refractivity (Wildman–Crippen MR) is 302 cm³/mol. The van der Waals surface area contributed by atoms with Crippen LogP contribution >= 0.6 is 0 Å². The van der Waals surface area contributed by atoms with Crippen LogP contribution in [0.4, 0.5) is 11.4 Å². The standard InChI is InChI=1S/C66H76N4O/c1-61(2,3)46-27-30-57-56(38-46)55-29-28-53(41-58(55)70(57)60-39-47(31-32-67-60)62(4,5)6)71-54-37-48(63(7,8)9)34-51(40-54)68-42-59(64(10,11)12)69(43-68)52-35-49(65(13,14)44-23-19-17-20-24-44)33-50(36-52)66(15,16)45-25-21-18-22-26-45/h17-42H,43H2,1-16H3. The molecule has 0 N–H and O–H groups in total. The molecule has 5 nitrogen and oxygen atoms in total. The predicted octanol–water partition coefficient (Wildman–Crippen LogP) is 17.7. The number of aromatic nitrogens is 2. The fourth-order valence-electron chi connectivity index (χ4n) is 10.2. The lowest BCUT2D eigenvalue weighted by Crippen LogP contribution is -2.32. The molecule has 0 amide bonds. The third-order valence-corrected chi connectivity index (χ3v) is 15.1. The van der Waals surface area contributed by atoms with Gasteiger partial charge in [-0.25, -0.2) is 4.98 Å². The molecule has 0 fully saturated rings. The molecule has 0 unspecified atom stereocenters. The number of hydrogen-bond acceptors (Lipinski definition) is 4. The maximum Gasteiger partial charge on any atom is 0.137 e. The number of ether oxygens (including phenoxy) is 1. The van der Waals surface area contributed by atoms with Crippen LogP contribution in [0.1, 0.15) is 150 Å². The van der Waals surface area contributed by atoms with Gasteiger partial charge in [-0.05, 0) is 116 Å². The largest absolute Gasteiger partial charge is 0.457 e. The normalized spacial score (nSPS) is 14.2. The first kappa shape index (κ1) is 49.4. The Bertz CT molecular complexity index is 3220. The molecule has 0 radical (unpaired) electrons. The minimum absolute atomic E-state index is 0.00655. The SMILES string of the molecule is CC(C)(C)C1=CN(c2cc(Oc3ccc4c5cc(C(C)(C)C)ccc5n(-c5cc(C(C)(C)C)ccn5)c4c3)cc(C(C)(C)C)c2)CN1c1cc(C(C)(C)c2ccccc2)cc(C(C)(C)c2ccccc2)c1. The highest BCUT2D eigenvalue weighted by Gasteiger charge is 2.35. The van der Waals surface area contributed by atoms with Crippen LogP contribution in [0.5, 0.6) is 11.5 Å². The van der Waals surface area contributed by atoms with Crippen LogP contribution in [-0.2, 0) is 27.1 Å². The van der Waals surface area contributed by atoms with E-state index in [0.717, 1.165) is 34.0 Å². The monoisotopic (exact) mass is 941 g/mol. The zero-order valence-electron chi connectivity index (χ0n) is 45.4. The number of allylic oxidation sites excluding steroid dienone is 1. The summed E-state index contributed by atoms with van der Waals surface area (Å²) < 4.78 is 9.38. The van der Waals surface area contributed by atoms with Crippen LogP contribution in [0.25, 0.3) is 27.6 Å². The molecule has 1 aliphatic rings. The van der Waals surface area contributed by atoms with E-state index in [0.29, 0.717) is 6.67 Å². The Morgan fingerprint density at radius 1 is 0.408 bits per heavy atom. The fourth-order valence-corrected chi connectivity index (χ4v) is 10.2. The van der Waals surface area contributed by atoms with Gasteiger partial charge in [0.05, 0.1) is 17.7 Å². The van der Waals surface area contributed by atoms with Gasteiger partial charge in [0.15, 0.2) is 0 Å². The van der Waals surface area contributed by atoms with Gasteiger partial charge in [-0.3, -0.25) is 4.57 Å². The number of benzene rings is 6. The molecule has 8 aromatic rings. The Labute approximate surface area is 425 Å². The van der Waals surface area contributed by atoms with E-state index in [1.165, 1.54) is 61.1 Å². The summed E-state index contributed by atoms with van der Waals surface area (Å²) in [5.41, 5.74) is 13.9. The second kappa shape index (κ2) is 17.6. The average Bonchev–Trinajstić information content (AvgIpc) is 3.92. The van der Waals surface area contributed by atoms with Gasteiger partial charge in [0.25, 0.3) is 0 Å². The van der Waals surface area contributed by atoms with Crippen molar-refractivity contribution in [3.05, 3.63) is 203 Å². The summed E-state index contributed by atoms with van der Waals surface area (Å²) in [6.45, 7) is 37.6. The maximum atomic E-state index is 7.07. The molecular formula is C66H76N4O. The van der Waals surface area contributed by atoms with E-state index >= 15 is 0 Å². The molecule has 2 aromatic heterocycles. The molecule has 3 heterocycles. The van der Waals surface area contributed by atoms with Crippen LogP contribution in [0, 0.1) is 5.41 Å². The van der Waals surface area contributed by atoms with E-state index in [9.17, 15) is 0 Å². The second-order valence-electron chi connectivity index (χ2n) is 25.3. The number of pyridine rings is 1. The van der Waals surface area contributed by atoms with E-state index in [1.54, 1.807) is 0 Å². The number of fused-ring (bicyclic) bond motifs is 3. The lowest BCUT2D eigenvalue weighted by Gasteiger charge is -2.35. The quantitative estimate of drug-likeness (QED) is 0.144. The average molecular weight is 941 g/mol. The molecule has 0 spiro atoms. The first-order chi connectivity index (χ1) is 33.2. The van der Waals surface area contributed by atoms with Crippen molar-refractivity contribution in [1.82, 2.24) is 9.55 Å². The van der Waals surface area contributed by atoms with E-state index in [1.807, 2.05) is 6.20 Å². The van der Waals surface area contributed by atoms with Crippen molar-refractivity contribution in [2.24, 2.45) is 5.41 Å². The lowest BCUT2D eigenvalue weighted by molar-refractivity contribution is 0.479. The summed E-state index contributed by atoms with van der Waals surface area (Å²) in [6, 6.07) is 53.9. The Hall–Kier alpha value is -6.59. The van der Waals surface area contributed by atoms with Crippen molar-refractivity contribution in [1.29, 1.82) is 0 Å². The molecule has 1 aliphatic heterocycles. The van der Waals surface area contributed by atoms with Gasteiger partial charge in [0.1, 0.15) is 17.3 Å². The van der Waals surface area contributed by atoms with Crippen LogP contribution in [0.15, 0.2) is 164 Å². The topological polar surface area (TPSA) is 33.5 Å². The van der Waals surface area contributed by atoms with E-state index in [-0.39, 0.29) is 32.5 Å². The molecule has 5 heteroatoms. The second-order valence-corrected chi connectivity index (χ2v) is 25.3. The Morgan fingerprint density at radius 3 is 1.54 bits per heavy atom. The molecular weight excluding hydrogens is 865 g/mol. The molecule has 0 saturated carbocycles. The summed E-state index contributed by atoms with van der Waals surface area (Å²) in [5.74, 6) is 2.49. The van der Waals surface area contributed by atoms with Crippen LogP contribution in [0.2, 0.25) is 0 Å². The number of hydrogen-bond donors (Lipinski definition) is 0. The van der Waals surface area contributed by atoms with Gasteiger partial charge < -0.3 is 14.5 Å². The Morgan fingerprint density at radius 2 is 0.972 bits per heavy atom. The van der Waals surface area contributed by atoms with Crippen molar-refractivity contribution in [3.8, 4) is 17.3 Å². The summed E-state index contributed by atoms with van der Waals surface area (Å²) in [4.78, 5) is 9.95. The van der Waals surface area contributed by atoms with E-state index in [2.05, 4.69) is 277 Å². The van der Waals surface area contributed by atoms with Crippen LogP contribution in [0.3, 0.4) is 0 Å². The smallest absolute Gasteiger partial charge is 0.137 e. The van der Waals surface area contributed by atoms with Gasteiger partial charge in [-0.15, -0.1) is 0 Å². The van der Waals surface area contributed by atoms with Gasteiger partial charge in [0, 0.05) is 68.6 Å². The highest BCUT2D eigenvalue weighted by Crippen LogP contribution is 2.46. The van der Waals surface area contributed by atoms with Gasteiger partial charge in [-0.2, -0.15) is 0 Å². The van der Waals surface area contributed by atoms with E-state index < -0.39 is 0 Å². The third-order valence-electron chi connectivity index (χ3n) is 15.1. The molecule has 0 atom stereocenters. The Balaban J connectivity index is 1.15. The molecule has 0 aliphatic carbocycles. The Kier molecular flexibility index (Phi) is 12.3. The summed E-state index contributed by atoms with van der Waals surface area (Å²) >= 11 is 0. The van der Waals surface area contributed by atoms with Gasteiger partial charge in [-0.1, -0.05) is 184 Å². The molecule has 0 bridgehead atoms. The van der Waals surface area contributed by atoms with Gasteiger partial charge in [0.2, 0.25) is 0 Å². The van der Waals surface area contributed by atoms with E-state index in [4.69, 9.17) is 9.72 Å². The minimum atomic E-state index is -0.239. The molecule has 366 valence electrons. The zero-order chi connectivity index (χ0) is 51.1. The van der Waals surface area contributed by atoms with Crippen LogP contribution < -0.4 is 14.5 Å². The molecule has 71 heavy (non-hydrogen) atoms. The van der Waals surface area contributed by atoms with Crippen LogP contribution in [-0.4, -0.2) is 16.2 Å². The molecule has 6 aromatic carbocycles. The van der Waals surface area contributed by atoms with Crippen molar-refractivity contribution in [2.75, 3.05) is 16.5 Å². The van der Waals surface area contributed by atoms with Crippen molar-refractivity contribution in [3.63, 3.8) is 0 Å². The lowest BCUT2D eigenvalue weighted by atomic mass is 9.73. The highest BCUT2D eigenvalue weighted by atomic mass is 16.5. The first-order valence-corrected chi connectivity index (χ1v) is 25.6. The van der Waals surface area contributed by atoms with Crippen molar-refractivity contribution in [2.45, 2.75) is 138 Å². The number of anilines is 2. The minimum Gasteiger partial charge on any atom is -0.457 e. The third kappa shape index (κ3) is 9.65. The maximum absolute atomic E-state index is 7.07. The highest BCUT2D eigenvalue weighted by molar-refractivity contribution is 6.09. The summed E-state index contributed by atoms with van der Waals surface area (Å²) in [6.07, 6.45) is 4.32. The van der Waals surface area contributed by atoms with Crippen molar-refractivity contribution < 1.29 is 4.74 Å². The molecule has 0 saturated heterocycles. The van der Waals surface area contributed by atoms with Gasteiger partial charge >= 0.3 is 0 Å². The molecule has 9 rings (SSSR count). The fraction of sp³-hybridized carbons (Fsp3) is 0.348. The summed E-state index contributed by atoms with van der Waals surface area (Å²) in [5, 5.41) is 2.39. The zero-order valence-corrected chi connectivity index (χ0v) is 45.4. The summed E-state index contributed by atoms with van der Waals surface area (Å²) in [7, 11) is 0. The number of nitrogens with zero attached hydrogens (tertiary/aromatic N) is 4. The number of rotatable bonds is 9.